The second-order valence-corrected chi connectivity index (χ2v) is 5.94. The number of benzene rings is 1. The van der Waals surface area contributed by atoms with Gasteiger partial charge in [-0.2, -0.15) is 0 Å². The molecule has 25 heavy (non-hydrogen) atoms. The summed E-state index contributed by atoms with van der Waals surface area (Å²) in [6, 6.07) is 6.59. The molecule has 2 atom stereocenters. The maximum atomic E-state index is 12.0. The number of amides is 2. The van der Waals surface area contributed by atoms with Gasteiger partial charge in [0.2, 0.25) is 5.91 Å². The van der Waals surface area contributed by atoms with Crippen LogP contribution in [0.15, 0.2) is 24.3 Å². The number of halogens is 1. The van der Waals surface area contributed by atoms with E-state index in [1.54, 1.807) is 24.3 Å². The number of methoxy groups -OCH3 is 1. The molecule has 1 aromatic rings. The number of carbonyl (C=O) groups is 3. The number of nitrogens with one attached hydrogen (secondary N) is 2. The quantitative estimate of drug-likeness (QED) is 0.657. The minimum absolute atomic E-state index is 0. The largest absolute Gasteiger partial charge is 0.468 e. The lowest BCUT2D eigenvalue weighted by molar-refractivity contribution is -0.139. The van der Waals surface area contributed by atoms with Crippen LogP contribution in [-0.4, -0.2) is 37.5 Å². The molecule has 0 radical (unpaired) electrons. The molecular weight excluding hydrogens is 346 g/mol. The summed E-state index contributed by atoms with van der Waals surface area (Å²) in [7, 11) is 1.25. The average Bonchev–Trinajstić information content (AvgIpc) is 2.97. The fourth-order valence-corrected chi connectivity index (χ4v) is 2.80. The normalized spacial score (nSPS) is 18.8. The van der Waals surface area contributed by atoms with Gasteiger partial charge in [-0.1, -0.05) is 6.42 Å². The van der Waals surface area contributed by atoms with E-state index in [1.807, 2.05) is 0 Å². The summed E-state index contributed by atoms with van der Waals surface area (Å²) in [5.41, 5.74) is 7.00. The van der Waals surface area contributed by atoms with E-state index in [4.69, 9.17) is 5.73 Å². The summed E-state index contributed by atoms with van der Waals surface area (Å²) in [5.74, 6) is -0.721. The molecule has 1 saturated carbocycles. The van der Waals surface area contributed by atoms with Crippen molar-refractivity contribution in [1.29, 1.82) is 0 Å². The molecule has 0 spiro atoms. The van der Waals surface area contributed by atoms with Gasteiger partial charge >= 0.3 is 5.97 Å². The summed E-state index contributed by atoms with van der Waals surface area (Å²) < 4.78 is 4.45. The molecule has 1 aromatic carbocycles. The second kappa shape index (κ2) is 10.0. The number of rotatable bonds is 6. The first-order chi connectivity index (χ1) is 11.5. The Morgan fingerprint density at radius 2 is 1.88 bits per heavy atom. The highest BCUT2D eigenvalue weighted by Crippen LogP contribution is 2.27. The first kappa shape index (κ1) is 20.9. The van der Waals surface area contributed by atoms with Crippen LogP contribution >= 0.6 is 12.4 Å². The lowest BCUT2D eigenvalue weighted by Crippen LogP contribution is -2.30. The van der Waals surface area contributed by atoms with E-state index in [9.17, 15) is 14.4 Å². The van der Waals surface area contributed by atoms with E-state index in [1.165, 1.54) is 7.11 Å². The van der Waals surface area contributed by atoms with Gasteiger partial charge in [-0.05, 0) is 43.0 Å². The van der Waals surface area contributed by atoms with Crippen LogP contribution in [0.25, 0.3) is 0 Å². The molecule has 2 rings (SSSR count). The van der Waals surface area contributed by atoms with Gasteiger partial charge in [-0.15, -0.1) is 12.4 Å². The maximum Gasteiger partial charge on any atom is 0.325 e. The van der Waals surface area contributed by atoms with Crippen molar-refractivity contribution in [3.8, 4) is 0 Å². The minimum Gasteiger partial charge on any atom is -0.468 e. The van der Waals surface area contributed by atoms with E-state index < -0.39 is 5.97 Å². The van der Waals surface area contributed by atoms with Crippen LogP contribution in [0.3, 0.4) is 0 Å². The molecular formula is C17H24ClN3O4. The molecule has 1 aliphatic carbocycles. The Morgan fingerprint density at radius 3 is 2.44 bits per heavy atom. The molecule has 138 valence electrons. The lowest BCUT2D eigenvalue weighted by Gasteiger charge is -2.14. The predicted molar refractivity (Wildman–Crippen MR) is 96.6 cm³/mol. The summed E-state index contributed by atoms with van der Waals surface area (Å²) in [4.78, 5) is 34.9. The van der Waals surface area contributed by atoms with Crippen LogP contribution in [0.4, 0.5) is 5.69 Å². The summed E-state index contributed by atoms with van der Waals surface area (Å²) in [5, 5.41) is 5.26. The molecule has 2 amide bonds. The fourth-order valence-electron chi connectivity index (χ4n) is 2.80. The highest BCUT2D eigenvalue weighted by molar-refractivity contribution is 5.97. The number of carbonyl (C=O) groups excluding carboxylic acids is 3. The molecule has 1 aliphatic rings. The van der Waals surface area contributed by atoms with Gasteiger partial charge in [0, 0.05) is 23.7 Å². The van der Waals surface area contributed by atoms with Gasteiger partial charge in [-0.3, -0.25) is 14.4 Å². The Kier molecular flexibility index (Phi) is 8.37. The molecule has 1 fully saturated rings. The Bertz CT molecular complexity index is 606. The first-order valence-corrected chi connectivity index (χ1v) is 8.00. The molecule has 8 heteroatoms. The standard InChI is InChI=1S/C17H23N3O4.ClH/c1-24-16(22)10-19-17(23)11-5-7-13(8-6-11)20-15(21)9-12-3-2-4-14(12)18;/h5-8,12,14H,2-4,9-10,18H2,1H3,(H,19,23)(H,20,21);1H/t12-,14+;/m0./s1. The summed E-state index contributed by atoms with van der Waals surface area (Å²) >= 11 is 0. The number of hydrogen-bond donors (Lipinski definition) is 3. The number of anilines is 1. The van der Waals surface area contributed by atoms with Crippen LogP contribution in [0.2, 0.25) is 0 Å². The third kappa shape index (κ3) is 6.36. The number of esters is 1. The van der Waals surface area contributed by atoms with Crippen LogP contribution in [0.1, 0.15) is 36.0 Å². The molecule has 7 nitrogen and oxygen atoms in total. The van der Waals surface area contributed by atoms with Crippen LogP contribution in [-0.2, 0) is 14.3 Å². The van der Waals surface area contributed by atoms with Crippen molar-refractivity contribution in [2.45, 2.75) is 31.7 Å². The van der Waals surface area contributed by atoms with Crippen molar-refractivity contribution >= 4 is 35.9 Å². The predicted octanol–water partition coefficient (Wildman–Crippen LogP) is 1.47. The average molecular weight is 370 g/mol. The maximum absolute atomic E-state index is 12.0. The SMILES string of the molecule is COC(=O)CNC(=O)c1ccc(NC(=O)C[C@@H]2CCC[C@H]2N)cc1.Cl. The smallest absolute Gasteiger partial charge is 0.325 e. The molecule has 0 aliphatic heterocycles. The van der Waals surface area contributed by atoms with Gasteiger partial charge in [-0.25, -0.2) is 0 Å². The van der Waals surface area contributed by atoms with Crippen molar-refractivity contribution in [1.82, 2.24) is 5.32 Å². The third-order valence-electron chi connectivity index (χ3n) is 4.22. The van der Waals surface area contributed by atoms with E-state index >= 15 is 0 Å². The summed E-state index contributed by atoms with van der Waals surface area (Å²) in [6.07, 6.45) is 3.47. The van der Waals surface area contributed by atoms with E-state index in [0.29, 0.717) is 17.7 Å². The molecule has 0 bridgehead atoms. The second-order valence-electron chi connectivity index (χ2n) is 5.94. The van der Waals surface area contributed by atoms with Crippen molar-refractivity contribution in [3.05, 3.63) is 29.8 Å². The fraction of sp³-hybridized carbons (Fsp3) is 0.471. The Morgan fingerprint density at radius 1 is 1.20 bits per heavy atom. The monoisotopic (exact) mass is 369 g/mol. The van der Waals surface area contributed by atoms with Crippen molar-refractivity contribution in [2.75, 3.05) is 19.0 Å². The van der Waals surface area contributed by atoms with Crippen molar-refractivity contribution < 1.29 is 19.1 Å². The Hall–Kier alpha value is -2.12. The lowest BCUT2D eigenvalue weighted by atomic mass is 10.00. The van der Waals surface area contributed by atoms with E-state index in [-0.39, 0.29) is 42.7 Å². The van der Waals surface area contributed by atoms with Gasteiger partial charge in [0.15, 0.2) is 0 Å². The molecule has 0 aromatic heterocycles. The van der Waals surface area contributed by atoms with Gasteiger partial charge in [0.1, 0.15) is 6.54 Å². The van der Waals surface area contributed by atoms with E-state index in [0.717, 1.165) is 19.3 Å². The summed E-state index contributed by atoms with van der Waals surface area (Å²) in [6.45, 7) is -0.185. The topological polar surface area (TPSA) is 111 Å². The Balaban J connectivity index is 0.00000312. The highest BCUT2D eigenvalue weighted by Gasteiger charge is 2.26. The van der Waals surface area contributed by atoms with Gasteiger partial charge in [0.05, 0.1) is 7.11 Å². The van der Waals surface area contributed by atoms with Crippen molar-refractivity contribution in [2.24, 2.45) is 11.7 Å². The van der Waals surface area contributed by atoms with Gasteiger partial charge < -0.3 is 21.1 Å². The number of nitrogens with two attached hydrogens (primary N) is 1. The Labute approximate surface area is 153 Å². The third-order valence-corrected chi connectivity index (χ3v) is 4.22. The number of hydrogen-bond acceptors (Lipinski definition) is 5. The molecule has 0 heterocycles. The van der Waals surface area contributed by atoms with Crippen LogP contribution in [0.5, 0.6) is 0 Å². The zero-order valence-corrected chi connectivity index (χ0v) is 14.9. The number of ether oxygens (including phenoxy) is 1. The molecule has 4 N–H and O–H groups in total. The highest BCUT2D eigenvalue weighted by atomic mass is 35.5. The van der Waals surface area contributed by atoms with Crippen LogP contribution in [0, 0.1) is 5.92 Å². The zero-order valence-electron chi connectivity index (χ0n) is 14.1. The first-order valence-electron chi connectivity index (χ1n) is 8.00. The van der Waals surface area contributed by atoms with Crippen LogP contribution < -0.4 is 16.4 Å². The molecule has 0 saturated heterocycles. The van der Waals surface area contributed by atoms with Gasteiger partial charge in [0.25, 0.3) is 5.91 Å². The van der Waals surface area contributed by atoms with E-state index in [2.05, 4.69) is 15.4 Å². The zero-order chi connectivity index (χ0) is 17.5. The minimum atomic E-state index is -0.516. The molecule has 0 unspecified atom stereocenters. The van der Waals surface area contributed by atoms with Crippen molar-refractivity contribution in [3.63, 3.8) is 0 Å².